The van der Waals surface area contributed by atoms with Crippen molar-refractivity contribution in [3.05, 3.63) is 0 Å². The van der Waals surface area contributed by atoms with Crippen molar-refractivity contribution < 1.29 is 22.7 Å². The molecule has 0 bridgehead atoms. The number of thioether (sulfide) groups is 1. The van der Waals surface area contributed by atoms with Gasteiger partial charge in [-0.25, -0.2) is 0 Å². The highest BCUT2D eigenvalue weighted by Crippen LogP contribution is 2.29. The van der Waals surface area contributed by atoms with Crippen LogP contribution in [0.25, 0.3) is 0 Å². The lowest BCUT2D eigenvalue weighted by Gasteiger charge is -2.17. The van der Waals surface area contributed by atoms with Crippen LogP contribution >= 0.6 is 24.2 Å². The van der Waals surface area contributed by atoms with Gasteiger partial charge < -0.3 is 10.5 Å². The van der Waals surface area contributed by atoms with E-state index >= 15 is 0 Å². The van der Waals surface area contributed by atoms with Crippen molar-refractivity contribution in [3.8, 4) is 0 Å². The van der Waals surface area contributed by atoms with Crippen molar-refractivity contribution in [3.63, 3.8) is 0 Å². The van der Waals surface area contributed by atoms with Gasteiger partial charge in [0.05, 0.1) is 12.4 Å². The summed E-state index contributed by atoms with van der Waals surface area (Å²) in [6, 6.07) is 0. The van der Waals surface area contributed by atoms with E-state index in [1.165, 1.54) is 0 Å². The highest BCUT2D eigenvalue weighted by Gasteiger charge is 2.39. The topological polar surface area (TPSA) is 52.3 Å². The molecule has 15 heavy (non-hydrogen) atoms. The van der Waals surface area contributed by atoms with Gasteiger partial charge in [-0.2, -0.15) is 13.2 Å². The fraction of sp³-hybridized carbons (Fsp3) is 0.857. The van der Waals surface area contributed by atoms with Crippen LogP contribution in [0.1, 0.15) is 6.92 Å². The number of alkyl halides is 3. The van der Waals surface area contributed by atoms with Crippen molar-refractivity contribution in [2.24, 2.45) is 5.73 Å². The van der Waals surface area contributed by atoms with Gasteiger partial charge in [-0.15, -0.1) is 24.2 Å². The summed E-state index contributed by atoms with van der Waals surface area (Å²) < 4.78 is 40.8. The van der Waals surface area contributed by atoms with Crippen LogP contribution in [0.3, 0.4) is 0 Å². The second-order valence-corrected chi connectivity index (χ2v) is 3.57. The zero-order chi connectivity index (χ0) is 11.2. The molecule has 0 spiro atoms. The van der Waals surface area contributed by atoms with Crippen LogP contribution in [-0.2, 0) is 9.53 Å². The summed E-state index contributed by atoms with van der Waals surface area (Å²) in [4.78, 5) is 10.7. The third-order valence-electron chi connectivity index (χ3n) is 1.29. The summed E-state index contributed by atoms with van der Waals surface area (Å²) in [5.74, 6) is -0.977. The molecule has 0 amide bonds. The summed E-state index contributed by atoms with van der Waals surface area (Å²) in [7, 11) is 0. The van der Waals surface area contributed by atoms with Crippen molar-refractivity contribution in [2.45, 2.75) is 18.3 Å². The molecule has 0 saturated heterocycles. The molecule has 2 N–H and O–H groups in total. The SMILES string of the molecule is CCOC(=O)CSC(CN)C(F)(F)F.Cl. The normalized spacial score (nSPS) is 12.9. The molecule has 1 atom stereocenters. The summed E-state index contributed by atoms with van der Waals surface area (Å²) in [5.41, 5.74) is 4.93. The molecule has 0 aliphatic rings. The monoisotopic (exact) mass is 267 g/mol. The maximum atomic E-state index is 12.1. The number of rotatable bonds is 5. The van der Waals surface area contributed by atoms with Gasteiger partial charge in [-0.3, -0.25) is 4.79 Å². The Labute approximate surface area is 96.3 Å². The quantitative estimate of drug-likeness (QED) is 0.769. The molecular formula is C7H13ClF3NO2S. The van der Waals surface area contributed by atoms with Crippen molar-refractivity contribution >= 4 is 30.1 Å². The Balaban J connectivity index is 0. The maximum absolute atomic E-state index is 12.1. The summed E-state index contributed by atoms with van der Waals surface area (Å²) in [6.07, 6.45) is -4.37. The van der Waals surface area contributed by atoms with Gasteiger partial charge in [0.1, 0.15) is 5.25 Å². The van der Waals surface area contributed by atoms with E-state index in [9.17, 15) is 18.0 Å². The largest absolute Gasteiger partial charge is 0.465 e. The van der Waals surface area contributed by atoms with Crippen LogP contribution in [0, 0.1) is 0 Å². The van der Waals surface area contributed by atoms with Crippen LogP contribution in [-0.4, -0.2) is 36.3 Å². The Morgan fingerprint density at radius 2 is 2.07 bits per heavy atom. The summed E-state index contributed by atoms with van der Waals surface area (Å²) >= 11 is 0.452. The molecular weight excluding hydrogens is 255 g/mol. The van der Waals surface area contributed by atoms with Crippen LogP contribution in [0.4, 0.5) is 13.2 Å². The van der Waals surface area contributed by atoms with Crippen molar-refractivity contribution in [1.82, 2.24) is 0 Å². The number of carbonyl (C=O) groups excluding carboxylic acids is 1. The molecule has 1 unspecified atom stereocenters. The Morgan fingerprint density at radius 1 is 1.53 bits per heavy atom. The molecule has 0 aromatic rings. The predicted octanol–water partition coefficient (Wildman–Crippen LogP) is 1.59. The Morgan fingerprint density at radius 3 is 2.40 bits per heavy atom. The van der Waals surface area contributed by atoms with Crippen LogP contribution in [0.2, 0.25) is 0 Å². The molecule has 0 aliphatic carbocycles. The maximum Gasteiger partial charge on any atom is 0.401 e. The Hall–Kier alpha value is -0.140. The first-order chi connectivity index (χ1) is 6.41. The van der Waals surface area contributed by atoms with E-state index in [-0.39, 0.29) is 24.8 Å². The van der Waals surface area contributed by atoms with E-state index in [0.29, 0.717) is 11.8 Å². The molecule has 0 saturated carbocycles. The van der Waals surface area contributed by atoms with Crippen LogP contribution in [0.5, 0.6) is 0 Å². The van der Waals surface area contributed by atoms with E-state index in [4.69, 9.17) is 5.73 Å². The van der Waals surface area contributed by atoms with Crippen molar-refractivity contribution in [1.29, 1.82) is 0 Å². The zero-order valence-electron chi connectivity index (χ0n) is 8.04. The molecule has 0 aromatic heterocycles. The number of carbonyl (C=O) groups is 1. The van der Waals surface area contributed by atoms with Gasteiger partial charge in [0.15, 0.2) is 0 Å². The number of nitrogens with two attached hydrogens (primary N) is 1. The number of esters is 1. The van der Waals surface area contributed by atoms with Crippen LogP contribution in [0.15, 0.2) is 0 Å². The van der Waals surface area contributed by atoms with E-state index in [1.807, 2.05) is 0 Å². The lowest BCUT2D eigenvalue weighted by molar-refractivity contribution is -0.139. The molecule has 92 valence electrons. The highest BCUT2D eigenvalue weighted by molar-refractivity contribution is 8.00. The number of hydrogen-bond donors (Lipinski definition) is 1. The van der Waals surface area contributed by atoms with E-state index in [2.05, 4.69) is 4.74 Å². The Bertz CT molecular complexity index is 192. The van der Waals surface area contributed by atoms with E-state index in [0.717, 1.165) is 0 Å². The number of halogens is 4. The molecule has 0 radical (unpaired) electrons. The molecule has 0 fully saturated rings. The lowest BCUT2D eigenvalue weighted by Crippen LogP contribution is -2.34. The summed E-state index contributed by atoms with van der Waals surface area (Å²) in [6.45, 7) is 1.22. The standard InChI is InChI=1S/C7H12F3NO2S.ClH/c1-2-13-6(12)4-14-5(3-11)7(8,9)10;/h5H,2-4,11H2,1H3;1H. The third-order valence-corrected chi connectivity index (χ3v) is 2.55. The van der Waals surface area contributed by atoms with Gasteiger partial charge in [0.2, 0.25) is 0 Å². The van der Waals surface area contributed by atoms with Gasteiger partial charge in [-0.05, 0) is 6.92 Å². The third kappa shape index (κ3) is 7.75. The molecule has 3 nitrogen and oxygen atoms in total. The molecule has 0 heterocycles. The molecule has 0 rings (SSSR count). The zero-order valence-corrected chi connectivity index (χ0v) is 9.68. The molecule has 0 aromatic carbocycles. The average Bonchev–Trinajstić information content (AvgIpc) is 2.03. The second-order valence-electron chi connectivity index (χ2n) is 2.38. The molecule has 8 heteroatoms. The second kappa shape index (κ2) is 8.06. The highest BCUT2D eigenvalue weighted by atomic mass is 35.5. The smallest absolute Gasteiger partial charge is 0.401 e. The van der Waals surface area contributed by atoms with E-state index < -0.39 is 23.9 Å². The number of hydrogen-bond acceptors (Lipinski definition) is 4. The van der Waals surface area contributed by atoms with Gasteiger partial charge in [0.25, 0.3) is 0 Å². The number of ether oxygens (including phenoxy) is 1. The minimum absolute atomic E-state index is 0. The lowest BCUT2D eigenvalue weighted by atomic mass is 10.4. The van der Waals surface area contributed by atoms with Gasteiger partial charge in [0, 0.05) is 6.54 Å². The first-order valence-corrected chi connectivity index (χ1v) is 5.00. The Kier molecular flexibility index (Phi) is 9.28. The summed E-state index contributed by atoms with van der Waals surface area (Å²) in [5, 5.41) is -1.70. The predicted molar refractivity (Wildman–Crippen MR) is 55.2 cm³/mol. The van der Waals surface area contributed by atoms with Crippen LogP contribution < -0.4 is 5.73 Å². The van der Waals surface area contributed by atoms with Gasteiger partial charge in [-0.1, -0.05) is 0 Å². The fourth-order valence-electron chi connectivity index (χ4n) is 0.667. The first-order valence-electron chi connectivity index (χ1n) is 3.95. The minimum atomic E-state index is -4.37. The van der Waals surface area contributed by atoms with E-state index in [1.54, 1.807) is 6.92 Å². The van der Waals surface area contributed by atoms with Crippen molar-refractivity contribution in [2.75, 3.05) is 18.9 Å². The average molecular weight is 268 g/mol. The minimum Gasteiger partial charge on any atom is -0.465 e. The van der Waals surface area contributed by atoms with Gasteiger partial charge >= 0.3 is 12.1 Å². The molecule has 0 aliphatic heterocycles. The first kappa shape index (κ1) is 17.3. The fourth-order valence-corrected chi connectivity index (χ4v) is 1.41.